The number of para-hydroxylation sites is 1. The van der Waals surface area contributed by atoms with Crippen LogP contribution in [0, 0.1) is 5.82 Å². The van der Waals surface area contributed by atoms with E-state index in [2.05, 4.69) is 4.98 Å². The van der Waals surface area contributed by atoms with Crippen LogP contribution in [0.25, 0.3) is 22.0 Å². The lowest BCUT2D eigenvalue weighted by molar-refractivity contribution is 0.0521. The number of ether oxygens (including phenoxy) is 1. The van der Waals surface area contributed by atoms with Crippen LogP contribution in [-0.4, -0.2) is 32.2 Å². The van der Waals surface area contributed by atoms with Crippen molar-refractivity contribution in [2.75, 3.05) is 12.9 Å². The highest BCUT2D eigenvalue weighted by Crippen LogP contribution is 2.34. The quantitative estimate of drug-likeness (QED) is 0.690. The van der Waals surface area contributed by atoms with Crippen LogP contribution in [0.3, 0.4) is 0 Å². The number of fused-ring (bicyclic) bond motifs is 1. The molecule has 136 valence electrons. The number of nitrogens with one attached hydrogen (secondary N) is 1. The average molecular weight is 375 g/mol. The van der Waals surface area contributed by atoms with E-state index >= 15 is 0 Å². The number of hydrogen-bond acceptors (Lipinski definition) is 4. The fourth-order valence-electron chi connectivity index (χ4n) is 2.90. The fraction of sp³-hybridized carbons (Fsp3) is 0.211. The monoisotopic (exact) mass is 375 g/mol. The summed E-state index contributed by atoms with van der Waals surface area (Å²) in [4.78, 5) is 15.3. The van der Waals surface area contributed by atoms with E-state index in [4.69, 9.17) is 4.74 Å². The van der Waals surface area contributed by atoms with Crippen molar-refractivity contribution in [3.63, 3.8) is 0 Å². The van der Waals surface area contributed by atoms with E-state index in [9.17, 15) is 17.6 Å². The molecule has 0 spiro atoms. The molecule has 0 saturated heterocycles. The van der Waals surface area contributed by atoms with Gasteiger partial charge in [0.15, 0.2) is 9.84 Å². The Balaban J connectivity index is 2.16. The Bertz CT molecular complexity index is 1090. The number of esters is 1. The third-order valence-electron chi connectivity index (χ3n) is 3.95. The van der Waals surface area contributed by atoms with Crippen LogP contribution in [0.4, 0.5) is 4.39 Å². The van der Waals surface area contributed by atoms with Gasteiger partial charge in [-0.15, -0.1) is 0 Å². The molecule has 1 N–H and O–H groups in total. The van der Waals surface area contributed by atoms with E-state index in [1.165, 1.54) is 12.1 Å². The van der Waals surface area contributed by atoms with Crippen LogP contribution in [0.2, 0.25) is 0 Å². The van der Waals surface area contributed by atoms with Crippen molar-refractivity contribution in [2.24, 2.45) is 0 Å². The zero-order valence-corrected chi connectivity index (χ0v) is 15.2. The standard InChI is InChI=1S/C19H18FNO4S/c1-3-25-19(22)18-17(14-6-4-5-7-16(14)21-18)12-8-9-13(15(20)10-12)11-26(2,23)24/h4-10,21H,3,11H2,1-2H3. The molecule has 1 aromatic heterocycles. The summed E-state index contributed by atoms with van der Waals surface area (Å²) >= 11 is 0. The first kappa shape index (κ1) is 18.1. The average Bonchev–Trinajstić information content (AvgIpc) is 2.95. The number of sulfone groups is 1. The van der Waals surface area contributed by atoms with E-state index in [1.807, 2.05) is 24.3 Å². The highest BCUT2D eigenvalue weighted by atomic mass is 32.2. The van der Waals surface area contributed by atoms with Crippen LogP contribution in [0.1, 0.15) is 23.0 Å². The molecule has 7 heteroatoms. The minimum absolute atomic E-state index is 0.0915. The Morgan fingerprint density at radius 2 is 1.92 bits per heavy atom. The van der Waals surface area contributed by atoms with Gasteiger partial charge in [0.1, 0.15) is 11.5 Å². The maximum Gasteiger partial charge on any atom is 0.355 e. The van der Waals surface area contributed by atoms with Crippen molar-refractivity contribution >= 4 is 26.7 Å². The van der Waals surface area contributed by atoms with Crippen LogP contribution < -0.4 is 0 Å². The largest absolute Gasteiger partial charge is 0.461 e. The summed E-state index contributed by atoms with van der Waals surface area (Å²) < 4.78 is 42.4. The number of carbonyl (C=O) groups excluding carboxylic acids is 1. The second-order valence-electron chi connectivity index (χ2n) is 6.02. The van der Waals surface area contributed by atoms with Gasteiger partial charge >= 0.3 is 5.97 Å². The lowest BCUT2D eigenvalue weighted by Gasteiger charge is -2.08. The molecule has 0 radical (unpaired) electrons. The van der Waals surface area contributed by atoms with Gasteiger partial charge in [0.05, 0.1) is 12.4 Å². The molecule has 0 atom stereocenters. The van der Waals surface area contributed by atoms with Gasteiger partial charge in [-0.3, -0.25) is 0 Å². The smallest absolute Gasteiger partial charge is 0.355 e. The normalized spacial score (nSPS) is 11.7. The Labute approximate surface area is 150 Å². The van der Waals surface area contributed by atoms with Crippen molar-refractivity contribution in [2.45, 2.75) is 12.7 Å². The van der Waals surface area contributed by atoms with Crippen molar-refractivity contribution in [3.8, 4) is 11.1 Å². The number of aromatic amines is 1. The second-order valence-corrected chi connectivity index (χ2v) is 8.16. The van der Waals surface area contributed by atoms with Crippen LogP contribution in [0.15, 0.2) is 42.5 Å². The zero-order valence-electron chi connectivity index (χ0n) is 14.4. The maximum atomic E-state index is 14.5. The molecule has 3 aromatic rings. The van der Waals surface area contributed by atoms with Gasteiger partial charge in [-0.05, 0) is 24.6 Å². The minimum atomic E-state index is -3.35. The van der Waals surface area contributed by atoms with E-state index in [-0.39, 0.29) is 23.6 Å². The summed E-state index contributed by atoms with van der Waals surface area (Å²) in [6.07, 6.45) is 1.05. The predicted octanol–water partition coefficient (Wildman–Crippen LogP) is 3.70. The number of carbonyl (C=O) groups is 1. The number of H-pyrrole nitrogens is 1. The maximum absolute atomic E-state index is 14.5. The van der Waals surface area contributed by atoms with Crippen molar-refractivity contribution < 1.29 is 22.3 Å². The summed E-state index contributed by atoms with van der Waals surface area (Å²) in [5.74, 6) is -1.54. The van der Waals surface area contributed by atoms with Gasteiger partial charge in [0.25, 0.3) is 0 Å². The van der Waals surface area contributed by atoms with E-state index in [0.717, 1.165) is 17.2 Å². The zero-order chi connectivity index (χ0) is 18.9. The molecule has 0 aliphatic rings. The highest BCUT2D eigenvalue weighted by Gasteiger charge is 2.21. The summed E-state index contributed by atoms with van der Waals surface area (Å²) in [5.41, 5.74) is 2.06. The summed E-state index contributed by atoms with van der Waals surface area (Å²) in [7, 11) is -3.35. The first-order valence-electron chi connectivity index (χ1n) is 8.04. The summed E-state index contributed by atoms with van der Waals surface area (Å²) in [6.45, 7) is 1.93. The van der Waals surface area contributed by atoms with Crippen molar-refractivity contribution in [3.05, 3.63) is 59.5 Å². The molecule has 0 amide bonds. The van der Waals surface area contributed by atoms with Crippen LogP contribution >= 0.6 is 0 Å². The number of halogens is 1. The Hall–Kier alpha value is -2.67. The first-order valence-corrected chi connectivity index (χ1v) is 10.1. The van der Waals surface area contributed by atoms with E-state index < -0.39 is 21.6 Å². The number of hydrogen-bond donors (Lipinski definition) is 1. The first-order chi connectivity index (χ1) is 12.3. The van der Waals surface area contributed by atoms with Gasteiger partial charge in [-0.2, -0.15) is 0 Å². The van der Waals surface area contributed by atoms with Gasteiger partial charge in [-0.25, -0.2) is 17.6 Å². The summed E-state index contributed by atoms with van der Waals surface area (Å²) in [6, 6.07) is 11.6. The Morgan fingerprint density at radius 1 is 1.19 bits per heavy atom. The molecular weight excluding hydrogens is 357 g/mol. The number of rotatable bonds is 5. The molecule has 0 fully saturated rings. The predicted molar refractivity (Wildman–Crippen MR) is 98.2 cm³/mol. The molecule has 2 aromatic carbocycles. The van der Waals surface area contributed by atoms with Gasteiger partial charge in [0.2, 0.25) is 0 Å². The molecular formula is C19H18FNO4S. The SMILES string of the molecule is CCOC(=O)c1[nH]c2ccccc2c1-c1ccc(CS(C)(=O)=O)c(F)c1. The molecule has 0 unspecified atom stereocenters. The van der Waals surface area contributed by atoms with Gasteiger partial charge < -0.3 is 9.72 Å². The number of aromatic nitrogens is 1. The van der Waals surface area contributed by atoms with Crippen molar-refractivity contribution in [1.29, 1.82) is 0 Å². The molecule has 26 heavy (non-hydrogen) atoms. The molecule has 0 saturated carbocycles. The second kappa shape index (κ2) is 6.92. The van der Waals surface area contributed by atoms with Crippen LogP contribution in [-0.2, 0) is 20.3 Å². The van der Waals surface area contributed by atoms with Crippen molar-refractivity contribution in [1.82, 2.24) is 4.98 Å². The fourth-order valence-corrected chi connectivity index (χ4v) is 3.70. The lowest BCUT2D eigenvalue weighted by atomic mass is 10.0. The molecule has 3 rings (SSSR count). The van der Waals surface area contributed by atoms with Gasteiger partial charge in [0, 0.05) is 28.3 Å². The van der Waals surface area contributed by atoms with E-state index in [0.29, 0.717) is 11.1 Å². The Morgan fingerprint density at radius 3 is 2.58 bits per heavy atom. The lowest BCUT2D eigenvalue weighted by Crippen LogP contribution is -2.07. The Kier molecular flexibility index (Phi) is 4.82. The minimum Gasteiger partial charge on any atom is -0.461 e. The van der Waals surface area contributed by atoms with Gasteiger partial charge in [-0.1, -0.05) is 30.3 Å². The number of benzene rings is 2. The molecule has 0 aliphatic carbocycles. The summed E-state index contributed by atoms with van der Waals surface area (Å²) in [5, 5.41) is 0.755. The molecule has 5 nitrogen and oxygen atoms in total. The van der Waals surface area contributed by atoms with Crippen LogP contribution in [0.5, 0.6) is 0 Å². The highest BCUT2D eigenvalue weighted by molar-refractivity contribution is 7.89. The topological polar surface area (TPSA) is 76.2 Å². The molecule has 0 aliphatic heterocycles. The molecule has 0 bridgehead atoms. The van der Waals surface area contributed by atoms with E-state index in [1.54, 1.807) is 13.0 Å². The molecule has 1 heterocycles. The third-order valence-corrected chi connectivity index (χ3v) is 4.78. The third kappa shape index (κ3) is 3.62.